The molecule has 0 aliphatic heterocycles. The molecule has 7 nitrogen and oxygen atoms in total. The molecular weight excluding hydrogens is 426 g/mol. The highest BCUT2D eigenvalue weighted by Gasteiger charge is 2.25. The highest BCUT2D eigenvalue weighted by atomic mass is 32.2. The molecule has 2 aromatic carbocycles. The number of sulfonamides is 1. The van der Waals surface area contributed by atoms with Crippen LogP contribution in [0, 0.1) is 13.8 Å². The molecule has 0 atom stereocenters. The van der Waals surface area contributed by atoms with Crippen LogP contribution in [-0.4, -0.2) is 71.3 Å². The number of ether oxygens (including phenoxy) is 1. The summed E-state index contributed by atoms with van der Waals surface area (Å²) in [6, 6.07) is 11.2. The lowest BCUT2D eigenvalue weighted by atomic mass is 10.1. The molecule has 1 N–H and O–H groups in total. The van der Waals surface area contributed by atoms with Gasteiger partial charge in [-0.2, -0.15) is 0 Å². The predicted octanol–water partition coefficient (Wildman–Crippen LogP) is 3.11. The first-order valence-electron chi connectivity index (χ1n) is 10.7. The van der Waals surface area contributed by atoms with Crippen molar-refractivity contribution in [3.05, 3.63) is 53.1 Å². The van der Waals surface area contributed by atoms with E-state index in [1.807, 2.05) is 38.4 Å². The summed E-state index contributed by atoms with van der Waals surface area (Å²) in [5.41, 5.74) is 3.18. The van der Waals surface area contributed by atoms with E-state index < -0.39 is 10.0 Å². The van der Waals surface area contributed by atoms with E-state index in [0.29, 0.717) is 16.9 Å². The fourth-order valence-electron chi connectivity index (χ4n) is 3.47. The van der Waals surface area contributed by atoms with Crippen LogP contribution in [0.2, 0.25) is 0 Å². The van der Waals surface area contributed by atoms with Gasteiger partial charge in [0, 0.05) is 45.2 Å². The monoisotopic (exact) mass is 461 g/mol. The Balaban J connectivity index is 1.93. The van der Waals surface area contributed by atoms with Crippen LogP contribution in [0.5, 0.6) is 5.75 Å². The van der Waals surface area contributed by atoms with Gasteiger partial charge in [0.05, 0.1) is 12.0 Å². The number of aryl methyl sites for hydroxylation is 2. The van der Waals surface area contributed by atoms with Crippen molar-refractivity contribution in [3.8, 4) is 5.75 Å². The molecule has 0 amide bonds. The van der Waals surface area contributed by atoms with Crippen LogP contribution >= 0.6 is 0 Å². The maximum atomic E-state index is 13.1. The number of carbonyl (C=O) groups excluding carboxylic acids is 1. The summed E-state index contributed by atoms with van der Waals surface area (Å²) in [7, 11) is 3.42. The number of nitrogens with one attached hydrogen (secondary N) is 1. The molecule has 0 radical (unpaired) electrons. The number of likely N-dealkylation sites (N-methyl/N-ethyl adjacent to an activating group) is 1. The van der Waals surface area contributed by atoms with E-state index in [9.17, 15) is 13.2 Å². The Morgan fingerprint density at radius 3 is 2.12 bits per heavy atom. The zero-order valence-corrected chi connectivity index (χ0v) is 20.8. The molecule has 0 unspecified atom stereocenters. The molecule has 0 spiro atoms. The first kappa shape index (κ1) is 25.8. The Labute approximate surface area is 192 Å². The number of anilines is 1. The number of methoxy groups -OCH3 is 1. The second kappa shape index (κ2) is 11.4. The van der Waals surface area contributed by atoms with Gasteiger partial charge in [0.2, 0.25) is 10.0 Å². The van der Waals surface area contributed by atoms with Crippen LogP contribution in [0.15, 0.2) is 41.3 Å². The van der Waals surface area contributed by atoms with E-state index in [-0.39, 0.29) is 30.1 Å². The van der Waals surface area contributed by atoms with Gasteiger partial charge in [-0.25, -0.2) is 12.7 Å². The number of benzene rings is 2. The molecule has 0 heterocycles. The predicted molar refractivity (Wildman–Crippen MR) is 129 cm³/mol. The minimum Gasteiger partial charge on any atom is -0.497 e. The number of ketones is 1. The molecule has 0 fully saturated rings. The lowest BCUT2D eigenvalue weighted by molar-refractivity contribution is -0.118. The second-order valence-electron chi connectivity index (χ2n) is 8.31. The third kappa shape index (κ3) is 7.05. The lowest BCUT2D eigenvalue weighted by Crippen LogP contribution is -2.30. The summed E-state index contributed by atoms with van der Waals surface area (Å²) in [6.45, 7) is 5.42. The quantitative estimate of drug-likeness (QED) is 0.523. The van der Waals surface area contributed by atoms with Crippen molar-refractivity contribution in [2.75, 3.05) is 53.2 Å². The highest BCUT2D eigenvalue weighted by molar-refractivity contribution is 7.89. The molecule has 2 rings (SSSR count). The number of hydrogen-bond donors (Lipinski definition) is 1. The Bertz CT molecular complexity index is 995. The SMILES string of the molecule is COc1cc(C)c(S(=O)(=O)N(C)CCC(=O)Cc2ccc(NCCN(C)C)cc2)c(C)c1. The molecule has 0 saturated heterocycles. The molecule has 2 aromatic rings. The van der Waals surface area contributed by atoms with Crippen molar-refractivity contribution in [1.82, 2.24) is 9.21 Å². The van der Waals surface area contributed by atoms with Crippen molar-refractivity contribution in [1.29, 1.82) is 0 Å². The largest absolute Gasteiger partial charge is 0.497 e. The Morgan fingerprint density at radius 2 is 1.59 bits per heavy atom. The van der Waals surface area contributed by atoms with Crippen molar-refractivity contribution >= 4 is 21.5 Å². The van der Waals surface area contributed by atoms with Gasteiger partial charge in [-0.05, 0) is 68.9 Å². The summed E-state index contributed by atoms with van der Waals surface area (Å²) in [5.74, 6) is 0.624. The van der Waals surface area contributed by atoms with Crippen LogP contribution in [-0.2, 0) is 21.2 Å². The summed E-state index contributed by atoms with van der Waals surface area (Å²) >= 11 is 0. The Morgan fingerprint density at radius 1 is 1.00 bits per heavy atom. The summed E-state index contributed by atoms with van der Waals surface area (Å²) < 4.78 is 32.6. The van der Waals surface area contributed by atoms with Gasteiger partial charge in [0.1, 0.15) is 11.5 Å². The van der Waals surface area contributed by atoms with Crippen LogP contribution in [0.4, 0.5) is 5.69 Å². The van der Waals surface area contributed by atoms with Crippen molar-refractivity contribution in [2.24, 2.45) is 0 Å². The molecule has 176 valence electrons. The first-order chi connectivity index (χ1) is 15.0. The third-order valence-electron chi connectivity index (χ3n) is 5.29. The molecule has 32 heavy (non-hydrogen) atoms. The standard InChI is InChI=1S/C24H35N3O4S/c1-18-15-23(31-6)16-19(2)24(18)32(29,30)27(5)13-11-22(28)17-20-7-9-21(10-8-20)25-12-14-26(3)4/h7-10,15-16,25H,11-14,17H2,1-6H3. The number of nitrogens with zero attached hydrogens (tertiary/aromatic N) is 2. The number of hydrogen-bond acceptors (Lipinski definition) is 6. The van der Waals surface area contributed by atoms with Gasteiger partial charge in [-0.3, -0.25) is 4.79 Å². The number of Topliss-reactive ketones (excluding diaryl/α,β-unsaturated/α-hetero) is 1. The molecular formula is C24H35N3O4S. The van der Waals surface area contributed by atoms with Crippen LogP contribution in [0.1, 0.15) is 23.1 Å². The molecule has 0 aliphatic rings. The van der Waals surface area contributed by atoms with E-state index in [4.69, 9.17) is 4.74 Å². The molecule has 0 saturated carbocycles. The topological polar surface area (TPSA) is 79.0 Å². The van der Waals surface area contributed by atoms with E-state index in [1.54, 1.807) is 33.1 Å². The molecule has 0 bridgehead atoms. The van der Waals surface area contributed by atoms with Gasteiger partial charge >= 0.3 is 0 Å². The Kier molecular flexibility index (Phi) is 9.24. The minimum atomic E-state index is -3.70. The van der Waals surface area contributed by atoms with E-state index in [0.717, 1.165) is 24.3 Å². The zero-order chi connectivity index (χ0) is 23.9. The van der Waals surface area contributed by atoms with Gasteiger partial charge in [-0.15, -0.1) is 0 Å². The van der Waals surface area contributed by atoms with Gasteiger partial charge in [0.15, 0.2) is 0 Å². The first-order valence-corrected chi connectivity index (χ1v) is 12.1. The summed E-state index contributed by atoms with van der Waals surface area (Å²) in [4.78, 5) is 14.8. The second-order valence-corrected chi connectivity index (χ2v) is 10.3. The van der Waals surface area contributed by atoms with Crippen molar-refractivity contribution < 1.29 is 17.9 Å². The number of rotatable bonds is 12. The normalized spacial score (nSPS) is 11.8. The summed E-state index contributed by atoms with van der Waals surface area (Å²) in [5, 5.41) is 3.34. The fourth-order valence-corrected chi connectivity index (χ4v) is 5.05. The van der Waals surface area contributed by atoms with Crippen molar-refractivity contribution in [3.63, 3.8) is 0 Å². The summed E-state index contributed by atoms with van der Waals surface area (Å²) in [6.07, 6.45) is 0.444. The van der Waals surface area contributed by atoms with Crippen LogP contribution < -0.4 is 10.1 Å². The smallest absolute Gasteiger partial charge is 0.243 e. The fraction of sp³-hybridized carbons (Fsp3) is 0.458. The van der Waals surface area contributed by atoms with Gasteiger partial charge in [0.25, 0.3) is 0 Å². The van der Waals surface area contributed by atoms with E-state index >= 15 is 0 Å². The van der Waals surface area contributed by atoms with E-state index in [2.05, 4.69) is 10.2 Å². The third-order valence-corrected chi connectivity index (χ3v) is 7.45. The van der Waals surface area contributed by atoms with Gasteiger partial charge in [-0.1, -0.05) is 12.1 Å². The molecule has 0 aromatic heterocycles. The average Bonchev–Trinajstić information content (AvgIpc) is 2.72. The number of carbonyl (C=O) groups is 1. The Hall–Kier alpha value is -2.42. The molecule has 0 aliphatic carbocycles. The van der Waals surface area contributed by atoms with Gasteiger partial charge < -0.3 is 15.0 Å². The van der Waals surface area contributed by atoms with Crippen LogP contribution in [0.3, 0.4) is 0 Å². The average molecular weight is 462 g/mol. The maximum absolute atomic E-state index is 13.1. The molecule has 8 heteroatoms. The maximum Gasteiger partial charge on any atom is 0.243 e. The minimum absolute atomic E-state index is 0.00328. The zero-order valence-electron chi connectivity index (χ0n) is 19.9. The van der Waals surface area contributed by atoms with Crippen molar-refractivity contribution in [2.45, 2.75) is 31.6 Å². The lowest BCUT2D eigenvalue weighted by Gasteiger charge is -2.20. The van der Waals surface area contributed by atoms with Crippen LogP contribution in [0.25, 0.3) is 0 Å². The highest BCUT2D eigenvalue weighted by Crippen LogP contribution is 2.27. The van der Waals surface area contributed by atoms with E-state index in [1.165, 1.54) is 11.4 Å².